The molecule has 0 bridgehead atoms. The van der Waals surface area contributed by atoms with E-state index in [1.807, 2.05) is 37.3 Å². The third-order valence-electron chi connectivity index (χ3n) is 3.67. The van der Waals surface area contributed by atoms with E-state index in [0.717, 1.165) is 16.0 Å². The van der Waals surface area contributed by atoms with Crippen molar-refractivity contribution in [1.82, 2.24) is 9.55 Å². The lowest BCUT2D eigenvalue weighted by Gasteiger charge is -2.19. The summed E-state index contributed by atoms with van der Waals surface area (Å²) >= 11 is 1.49. The Hall–Kier alpha value is -2.47. The number of esters is 1. The molecule has 6 heteroatoms. The summed E-state index contributed by atoms with van der Waals surface area (Å²) in [4.78, 5) is 30.9. The van der Waals surface area contributed by atoms with Gasteiger partial charge in [0.2, 0.25) is 0 Å². The second-order valence-corrected chi connectivity index (χ2v) is 7.87. The number of benzene rings is 1. The molecule has 2 aromatic heterocycles. The lowest BCUT2D eigenvalue weighted by molar-refractivity contribution is -0.155. The molecule has 0 fully saturated rings. The summed E-state index contributed by atoms with van der Waals surface area (Å²) in [6.45, 7) is 7.16. The van der Waals surface area contributed by atoms with Crippen LogP contribution in [0.15, 0.2) is 41.5 Å². The molecule has 0 N–H and O–H groups in total. The van der Waals surface area contributed by atoms with Gasteiger partial charge in [0, 0.05) is 4.88 Å². The molecular weight excluding hydrogens is 336 g/mol. The molecule has 1 aromatic carbocycles. The van der Waals surface area contributed by atoms with Crippen LogP contribution in [0, 0.1) is 6.92 Å². The lowest BCUT2D eigenvalue weighted by Crippen LogP contribution is -2.30. The van der Waals surface area contributed by atoms with E-state index in [4.69, 9.17) is 4.74 Å². The number of carbonyl (C=O) groups is 1. The van der Waals surface area contributed by atoms with Crippen LogP contribution in [-0.4, -0.2) is 21.1 Å². The monoisotopic (exact) mass is 356 g/mol. The predicted molar refractivity (Wildman–Crippen MR) is 99.9 cm³/mol. The van der Waals surface area contributed by atoms with Crippen molar-refractivity contribution >= 4 is 27.5 Å². The first kappa shape index (κ1) is 17.4. The molecule has 130 valence electrons. The number of thiophene rings is 1. The minimum atomic E-state index is -0.586. The summed E-state index contributed by atoms with van der Waals surface area (Å²) in [5.74, 6) is -0.452. The van der Waals surface area contributed by atoms with Crippen molar-refractivity contribution in [2.75, 3.05) is 0 Å². The molecule has 0 atom stereocenters. The summed E-state index contributed by atoms with van der Waals surface area (Å²) in [5.41, 5.74) is 1.15. The molecule has 25 heavy (non-hydrogen) atoms. The quantitative estimate of drug-likeness (QED) is 0.670. The predicted octanol–water partition coefficient (Wildman–Crippen LogP) is 3.78. The van der Waals surface area contributed by atoms with E-state index in [9.17, 15) is 9.59 Å². The van der Waals surface area contributed by atoms with E-state index in [1.165, 1.54) is 22.2 Å². The van der Waals surface area contributed by atoms with Gasteiger partial charge >= 0.3 is 5.97 Å². The maximum absolute atomic E-state index is 12.8. The molecule has 0 radical (unpaired) electrons. The van der Waals surface area contributed by atoms with Crippen molar-refractivity contribution in [2.24, 2.45) is 0 Å². The number of aromatic nitrogens is 2. The summed E-state index contributed by atoms with van der Waals surface area (Å²) in [5, 5.41) is 0.565. The highest BCUT2D eigenvalue weighted by Gasteiger charge is 2.19. The van der Waals surface area contributed by atoms with E-state index < -0.39 is 11.6 Å². The second kappa shape index (κ2) is 6.44. The first-order chi connectivity index (χ1) is 11.8. The van der Waals surface area contributed by atoms with Crippen molar-refractivity contribution < 1.29 is 9.53 Å². The fraction of sp³-hybridized carbons (Fsp3) is 0.316. The highest BCUT2D eigenvalue weighted by atomic mass is 32.1. The van der Waals surface area contributed by atoms with Gasteiger partial charge in [-0.05, 0) is 38.8 Å². The molecule has 3 aromatic rings. The number of hydrogen-bond acceptors (Lipinski definition) is 5. The number of hydrogen-bond donors (Lipinski definition) is 0. The Labute approximate surface area is 149 Å². The van der Waals surface area contributed by atoms with Crippen LogP contribution in [0.25, 0.3) is 20.7 Å². The van der Waals surface area contributed by atoms with Crippen molar-refractivity contribution in [3.63, 3.8) is 0 Å². The average Bonchev–Trinajstić information content (AvgIpc) is 2.87. The maximum Gasteiger partial charge on any atom is 0.326 e. The fourth-order valence-electron chi connectivity index (χ4n) is 2.65. The Bertz CT molecular complexity index is 982. The number of nitrogens with zero attached hydrogens (tertiary/aromatic N) is 2. The molecule has 0 unspecified atom stereocenters. The van der Waals surface area contributed by atoms with Crippen molar-refractivity contribution in [1.29, 1.82) is 0 Å². The number of aryl methyl sites for hydroxylation is 1. The average molecular weight is 356 g/mol. The summed E-state index contributed by atoms with van der Waals surface area (Å²) in [6.07, 6.45) is 1.42. The van der Waals surface area contributed by atoms with E-state index in [0.29, 0.717) is 10.2 Å². The fourth-order valence-corrected chi connectivity index (χ4v) is 3.79. The lowest BCUT2D eigenvalue weighted by atomic mass is 10.1. The second-order valence-electron chi connectivity index (χ2n) is 6.87. The number of carbonyl (C=O) groups excluding carboxylic acids is 1. The molecule has 0 aliphatic rings. The van der Waals surface area contributed by atoms with Gasteiger partial charge in [0.15, 0.2) is 0 Å². The number of ether oxygens (including phenoxy) is 1. The van der Waals surface area contributed by atoms with Gasteiger partial charge in [-0.3, -0.25) is 14.2 Å². The summed E-state index contributed by atoms with van der Waals surface area (Å²) in [7, 11) is 0. The number of rotatable bonds is 3. The summed E-state index contributed by atoms with van der Waals surface area (Å²) < 4.78 is 6.60. The van der Waals surface area contributed by atoms with Crippen molar-refractivity contribution in [2.45, 2.75) is 39.8 Å². The Morgan fingerprint density at radius 1 is 1.24 bits per heavy atom. The molecule has 0 spiro atoms. The van der Waals surface area contributed by atoms with Crippen LogP contribution in [0.3, 0.4) is 0 Å². The molecule has 3 rings (SSSR count). The van der Waals surface area contributed by atoms with Crippen LogP contribution in [0.2, 0.25) is 0 Å². The van der Waals surface area contributed by atoms with Crippen molar-refractivity contribution in [3.8, 4) is 10.4 Å². The van der Waals surface area contributed by atoms with Gasteiger partial charge in [0.25, 0.3) is 5.56 Å². The minimum absolute atomic E-state index is 0.144. The Morgan fingerprint density at radius 2 is 1.92 bits per heavy atom. The molecule has 0 aliphatic carbocycles. The Morgan fingerprint density at radius 3 is 2.56 bits per heavy atom. The van der Waals surface area contributed by atoms with Crippen LogP contribution in [0.1, 0.15) is 26.3 Å². The van der Waals surface area contributed by atoms with Gasteiger partial charge in [-0.1, -0.05) is 30.3 Å². The molecule has 0 saturated carbocycles. The largest absolute Gasteiger partial charge is 0.459 e. The minimum Gasteiger partial charge on any atom is -0.459 e. The van der Waals surface area contributed by atoms with E-state index in [2.05, 4.69) is 4.98 Å². The topological polar surface area (TPSA) is 61.2 Å². The zero-order chi connectivity index (χ0) is 18.2. The third-order valence-corrected chi connectivity index (χ3v) is 4.92. The van der Waals surface area contributed by atoms with Crippen LogP contribution >= 0.6 is 11.3 Å². The molecule has 0 amide bonds. The van der Waals surface area contributed by atoms with E-state index in [1.54, 1.807) is 20.8 Å². The van der Waals surface area contributed by atoms with Gasteiger partial charge in [-0.2, -0.15) is 0 Å². The van der Waals surface area contributed by atoms with Crippen LogP contribution in [0.5, 0.6) is 0 Å². The molecule has 5 nitrogen and oxygen atoms in total. The smallest absolute Gasteiger partial charge is 0.326 e. The Kier molecular flexibility index (Phi) is 4.47. The first-order valence-electron chi connectivity index (χ1n) is 8.02. The Balaban J connectivity index is 2.02. The highest BCUT2D eigenvalue weighted by molar-refractivity contribution is 7.22. The normalized spacial score (nSPS) is 11.7. The van der Waals surface area contributed by atoms with Gasteiger partial charge in [-0.25, -0.2) is 4.98 Å². The zero-order valence-corrected chi connectivity index (χ0v) is 15.5. The maximum atomic E-state index is 12.8. The van der Waals surface area contributed by atoms with Crippen LogP contribution in [0.4, 0.5) is 0 Å². The van der Waals surface area contributed by atoms with Crippen molar-refractivity contribution in [3.05, 3.63) is 52.6 Å². The summed E-state index contributed by atoms with van der Waals surface area (Å²) in [6, 6.07) is 9.91. The van der Waals surface area contributed by atoms with Gasteiger partial charge < -0.3 is 4.74 Å². The van der Waals surface area contributed by atoms with E-state index >= 15 is 0 Å². The third kappa shape index (κ3) is 3.64. The molecule has 2 heterocycles. The molecule has 0 saturated heterocycles. The number of fused-ring (bicyclic) bond motifs is 1. The first-order valence-corrected chi connectivity index (χ1v) is 8.84. The van der Waals surface area contributed by atoms with Crippen LogP contribution in [-0.2, 0) is 16.1 Å². The molecule has 0 aliphatic heterocycles. The standard InChI is InChI=1S/C19H20N2O3S/c1-12-15-17(25-16(12)13-8-6-5-7-9-13)20-11-21(18(15)23)10-14(22)24-19(2,3)4/h5-9,11H,10H2,1-4H3. The van der Waals surface area contributed by atoms with Crippen LogP contribution < -0.4 is 5.56 Å². The SMILES string of the molecule is Cc1c(-c2ccccc2)sc2ncn(CC(=O)OC(C)(C)C)c(=O)c12. The van der Waals surface area contributed by atoms with E-state index in [-0.39, 0.29) is 12.1 Å². The van der Waals surface area contributed by atoms with Gasteiger partial charge in [-0.15, -0.1) is 11.3 Å². The van der Waals surface area contributed by atoms with Gasteiger partial charge in [0.05, 0.1) is 11.7 Å². The van der Waals surface area contributed by atoms with Gasteiger partial charge in [0.1, 0.15) is 17.0 Å². The highest BCUT2D eigenvalue weighted by Crippen LogP contribution is 2.35. The zero-order valence-electron chi connectivity index (χ0n) is 14.7. The molecular formula is C19H20N2O3S.